The molecule has 1 fully saturated rings. The van der Waals surface area contributed by atoms with E-state index in [0.717, 1.165) is 5.56 Å². The molecule has 1 heterocycles. The van der Waals surface area contributed by atoms with Crippen molar-refractivity contribution in [1.29, 1.82) is 0 Å². The molecule has 1 aromatic carbocycles. The van der Waals surface area contributed by atoms with Gasteiger partial charge < -0.3 is 0 Å². The van der Waals surface area contributed by atoms with E-state index in [0.29, 0.717) is 6.54 Å². The van der Waals surface area contributed by atoms with Gasteiger partial charge in [0, 0.05) is 0 Å². The predicted octanol–water partition coefficient (Wildman–Crippen LogP) is 1.03. The lowest BCUT2D eigenvalue weighted by molar-refractivity contribution is -0.478. The third-order valence-electron chi connectivity index (χ3n) is 3.21. The molecule has 0 aromatic heterocycles. The molecule has 1 aliphatic heterocycles. The van der Waals surface area contributed by atoms with Gasteiger partial charge in [0.25, 0.3) is 9.63 Å². The highest BCUT2D eigenvalue weighted by Crippen LogP contribution is 2.26. The minimum atomic E-state index is -3.17. The molecule has 0 amide bonds. The Morgan fingerprint density at radius 1 is 1.23 bits per heavy atom. The maximum absolute atomic E-state index is 11.6. The number of benzene rings is 1. The van der Waals surface area contributed by atoms with Gasteiger partial charge in [0.15, 0.2) is 9.84 Å². The van der Waals surface area contributed by atoms with Crippen molar-refractivity contribution in [2.75, 3.05) is 11.5 Å². The van der Waals surface area contributed by atoms with Crippen LogP contribution < -0.4 is 10.3 Å². The Balaban J connectivity index is 2.14. The molecule has 1 saturated heterocycles. The van der Waals surface area contributed by atoms with Gasteiger partial charge in [0.05, 0.1) is 16.9 Å². The molecule has 0 saturated carbocycles. The number of sulfone groups is 1. The van der Waals surface area contributed by atoms with Gasteiger partial charge in [-0.2, -0.15) is 0 Å². The number of hydrogen-bond acceptors (Lipinski definition) is 2. The number of nitrogens with one attached hydrogen (secondary N) is 2. The van der Waals surface area contributed by atoms with Gasteiger partial charge in [-0.05, 0) is 5.56 Å². The quantitative estimate of drug-likeness (QED) is 0.449. The maximum atomic E-state index is 11.6. The van der Waals surface area contributed by atoms with Crippen LogP contribution >= 0.6 is 46.4 Å². The number of rotatable bonds is 3. The molecule has 1 aromatic rings. The van der Waals surface area contributed by atoms with Gasteiger partial charge in [-0.25, -0.2) is 8.42 Å². The second kappa shape index (κ2) is 7.14. The number of halogens is 4. The molecular weight excluding hydrogens is 390 g/mol. The number of hydrogen-bond donors (Lipinski definition) is 2. The van der Waals surface area contributed by atoms with Crippen LogP contribution in [0.4, 0.5) is 0 Å². The Kier molecular flexibility index (Phi) is 5.89. The number of alkyl halides is 4. The molecule has 0 aliphatic carbocycles. The van der Waals surface area contributed by atoms with Crippen molar-refractivity contribution in [2.45, 2.75) is 21.8 Å². The van der Waals surface area contributed by atoms with Crippen LogP contribution in [0.3, 0.4) is 0 Å². The molecular formula is C13H15Cl4N2O2S+. The maximum Gasteiger partial charge on any atom is 0.296 e. The minimum Gasteiger partial charge on any atom is -0.271 e. The van der Waals surface area contributed by atoms with E-state index >= 15 is 0 Å². The van der Waals surface area contributed by atoms with Crippen molar-refractivity contribution >= 4 is 62.1 Å². The van der Waals surface area contributed by atoms with Crippen LogP contribution in [0.15, 0.2) is 30.3 Å². The van der Waals surface area contributed by atoms with Gasteiger partial charge in [0.1, 0.15) is 12.6 Å². The van der Waals surface area contributed by atoms with Crippen LogP contribution in [0.2, 0.25) is 0 Å². The van der Waals surface area contributed by atoms with Crippen LogP contribution in [-0.2, 0) is 16.4 Å². The smallest absolute Gasteiger partial charge is 0.271 e. The summed E-state index contributed by atoms with van der Waals surface area (Å²) in [6, 6.07) is 9.06. The van der Waals surface area contributed by atoms with Crippen LogP contribution in [0, 0.1) is 0 Å². The molecule has 0 bridgehead atoms. The number of amidine groups is 1. The first-order valence-electron chi connectivity index (χ1n) is 6.50. The van der Waals surface area contributed by atoms with E-state index in [1.807, 2.05) is 30.3 Å². The van der Waals surface area contributed by atoms with Crippen LogP contribution in [-0.4, -0.2) is 41.0 Å². The highest BCUT2D eigenvalue weighted by atomic mass is 35.6. The largest absolute Gasteiger partial charge is 0.296 e. The van der Waals surface area contributed by atoms with Gasteiger partial charge in [-0.1, -0.05) is 65.1 Å². The zero-order valence-electron chi connectivity index (χ0n) is 11.4. The van der Waals surface area contributed by atoms with Crippen LogP contribution in [0.25, 0.3) is 0 Å². The molecule has 2 atom stereocenters. The van der Waals surface area contributed by atoms with E-state index in [-0.39, 0.29) is 17.3 Å². The first-order chi connectivity index (χ1) is 10.2. The van der Waals surface area contributed by atoms with Crippen LogP contribution in [0.5, 0.6) is 0 Å². The van der Waals surface area contributed by atoms with Crippen molar-refractivity contribution in [3.63, 3.8) is 0 Å². The molecule has 2 N–H and O–H groups in total. The van der Waals surface area contributed by atoms with E-state index < -0.39 is 25.0 Å². The van der Waals surface area contributed by atoms with Gasteiger partial charge in [-0.3, -0.25) is 10.3 Å². The molecule has 0 spiro atoms. The summed E-state index contributed by atoms with van der Waals surface area (Å²) in [6.45, 7) is 0.434. The Morgan fingerprint density at radius 2 is 1.86 bits per heavy atom. The summed E-state index contributed by atoms with van der Waals surface area (Å²) in [6.07, 6.45) is 0. The summed E-state index contributed by atoms with van der Waals surface area (Å²) < 4.78 is 21.5. The first kappa shape index (κ1) is 18.1. The van der Waals surface area contributed by atoms with E-state index in [1.54, 1.807) is 0 Å². The van der Waals surface area contributed by atoms with Gasteiger partial charge in [-0.15, -0.1) is 11.6 Å². The van der Waals surface area contributed by atoms with Gasteiger partial charge in [0.2, 0.25) is 0 Å². The third-order valence-corrected chi connectivity index (χ3v) is 6.15. The lowest BCUT2D eigenvalue weighted by Gasteiger charge is -2.16. The van der Waals surface area contributed by atoms with Crippen molar-refractivity contribution in [3.05, 3.63) is 35.9 Å². The average Bonchev–Trinajstić information content (AvgIpc) is 2.67. The third kappa shape index (κ3) is 5.17. The predicted molar refractivity (Wildman–Crippen MR) is 91.6 cm³/mol. The fourth-order valence-corrected chi connectivity index (χ4v) is 5.06. The topological polar surface area (TPSA) is 60.1 Å². The lowest BCUT2D eigenvalue weighted by Crippen LogP contribution is -2.78. The Labute approximate surface area is 149 Å². The van der Waals surface area contributed by atoms with E-state index in [9.17, 15) is 8.42 Å². The Morgan fingerprint density at radius 3 is 2.36 bits per heavy atom. The molecule has 2 rings (SSSR count). The van der Waals surface area contributed by atoms with Crippen molar-refractivity contribution in [2.24, 2.45) is 0 Å². The minimum absolute atomic E-state index is 0.0849. The SMILES string of the molecule is O=S1(=O)C[C@H](NC(=[NH+]Cc2ccccc2)C(Cl)(Cl)Cl)[C@@H](Cl)C1. The van der Waals surface area contributed by atoms with Crippen molar-refractivity contribution in [1.82, 2.24) is 5.32 Å². The average molecular weight is 405 g/mol. The van der Waals surface area contributed by atoms with Crippen LogP contribution in [0.1, 0.15) is 5.56 Å². The molecule has 9 heteroatoms. The Bertz CT molecular complexity index is 644. The van der Waals surface area contributed by atoms with E-state index in [1.165, 1.54) is 0 Å². The summed E-state index contributed by atoms with van der Waals surface area (Å²) in [4.78, 5) is 3.01. The monoisotopic (exact) mass is 403 g/mol. The van der Waals surface area contributed by atoms with E-state index in [4.69, 9.17) is 46.4 Å². The fourth-order valence-electron chi connectivity index (χ4n) is 2.14. The molecule has 22 heavy (non-hydrogen) atoms. The zero-order valence-corrected chi connectivity index (χ0v) is 15.2. The van der Waals surface area contributed by atoms with Crippen molar-refractivity contribution < 1.29 is 13.4 Å². The second-order valence-corrected chi connectivity index (χ2v) is 10.1. The Hall–Kier alpha value is -0.200. The molecule has 4 nitrogen and oxygen atoms in total. The molecule has 1 aliphatic rings. The molecule has 122 valence electrons. The first-order valence-corrected chi connectivity index (χ1v) is 9.89. The standard InChI is InChI=1S/C13H14Cl4N2O2S/c14-10-7-22(20,21)8-11(10)19-12(13(15,16)17)18-6-9-4-2-1-3-5-9/h1-5,10-11H,6-8H2,(H,18,19)/p+1/t10-,11-/m0/s1. The summed E-state index contributed by atoms with van der Waals surface area (Å²) in [5.74, 6) is 0.0466. The highest BCUT2D eigenvalue weighted by molar-refractivity contribution is 7.91. The van der Waals surface area contributed by atoms with E-state index in [2.05, 4.69) is 10.3 Å². The highest BCUT2D eigenvalue weighted by Gasteiger charge is 2.44. The molecule has 0 radical (unpaired) electrons. The summed E-state index contributed by atoms with van der Waals surface area (Å²) in [7, 11) is -3.17. The second-order valence-electron chi connectivity index (χ2n) is 5.06. The zero-order chi connectivity index (χ0) is 16.4. The fraction of sp³-hybridized carbons (Fsp3) is 0.462. The molecule has 0 unspecified atom stereocenters. The normalized spacial score (nSPS) is 25.2. The summed E-state index contributed by atoms with van der Waals surface area (Å²) >= 11 is 23.9. The summed E-state index contributed by atoms with van der Waals surface area (Å²) in [5, 5.41) is 2.37. The summed E-state index contributed by atoms with van der Waals surface area (Å²) in [5.41, 5.74) is 0.998. The lowest BCUT2D eigenvalue weighted by atomic mass is 10.2. The van der Waals surface area contributed by atoms with Crippen molar-refractivity contribution in [3.8, 4) is 0 Å². The van der Waals surface area contributed by atoms with Gasteiger partial charge >= 0.3 is 0 Å².